The fourth-order valence-corrected chi connectivity index (χ4v) is 8.13. The van der Waals surface area contributed by atoms with Crippen molar-refractivity contribution in [1.82, 2.24) is 20.2 Å². The van der Waals surface area contributed by atoms with E-state index < -0.39 is 12.0 Å². The van der Waals surface area contributed by atoms with Crippen molar-refractivity contribution in [2.75, 3.05) is 37.7 Å². The number of hydrogen-bond donors (Lipinski definition) is 2. The minimum Gasteiger partial charge on any atom is -0.508 e. The van der Waals surface area contributed by atoms with Gasteiger partial charge in [-0.2, -0.15) is 9.97 Å². The third-order valence-corrected chi connectivity index (χ3v) is 10.0. The minimum absolute atomic E-state index is 0.0195. The van der Waals surface area contributed by atoms with Crippen LogP contribution in [0.4, 0.5) is 14.6 Å². The number of fused-ring (bicyclic) bond motifs is 5. The first kappa shape index (κ1) is 26.4. The van der Waals surface area contributed by atoms with Crippen molar-refractivity contribution >= 4 is 39.1 Å². The van der Waals surface area contributed by atoms with Gasteiger partial charge in [-0.3, -0.25) is 4.90 Å². The Kier molecular flexibility index (Phi) is 6.21. The standard InChI is InChI=1S/C32H32ClF2N5O2/c33-26-12-25-29(28(35)27(26)24-11-22(41)10-18-4-1-2-5-23(18)24)37-31(38-30(25)39-15-20-6-7-21(16-39)36-20)42-17-32-8-3-9-40(32)14-19(34)13-32/h1-2,4-5,10-12,19-21,36,41H,3,6-9,13-17H2/t19-,20?,21?,32?/m1/s1. The Morgan fingerprint density at radius 3 is 2.71 bits per heavy atom. The number of phenols is 1. The van der Waals surface area contributed by atoms with Gasteiger partial charge in [0, 0.05) is 49.1 Å². The molecule has 3 unspecified atom stereocenters. The average molecular weight is 592 g/mol. The summed E-state index contributed by atoms with van der Waals surface area (Å²) in [4.78, 5) is 13.8. The molecule has 0 radical (unpaired) electrons. The molecule has 0 aliphatic carbocycles. The Bertz CT molecular complexity index is 1710. The van der Waals surface area contributed by atoms with E-state index in [-0.39, 0.29) is 40.0 Å². The van der Waals surface area contributed by atoms with Crippen molar-refractivity contribution < 1.29 is 18.6 Å². The quantitative estimate of drug-likeness (QED) is 0.302. The Balaban J connectivity index is 1.27. The highest BCUT2D eigenvalue weighted by molar-refractivity contribution is 6.35. The van der Waals surface area contributed by atoms with Crippen molar-refractivity contribution in [2.45, 2.75) is 55.9 Å². The SMILES string of the molecule is Oc1cc(-c2c(Cl)cc3c(N4CC5CCC(C4)N5)nc(OCC45CCCN4C[C@H](F)C5)nc3c2F)c2ccccc2c1. The van der Waals surface area contributed by atoms with Crippen LogP contribution in [0.15, 0.2) is 42.5 Å². The van der Waals surface area contributed by atoms with Gasteiger partial charge in [0.2, 0.25) is 0 Å². The van der Waals surface area contributed by atoms with E-state index in [0.717, 1.165) is 56.1 Å². The van der Waals surface area contributed by atoms with E-state index in [1.807, 2.05) is 24.3 Å². The summed E-state index contributed by atoms with van der Waals surface area (Å²) >= 11 is 6.86. The van der Waals surface area contributed by atoms with E-state index in [1.165, 1.54) is 6.07 Å². The van der Waals surface area contributed by atoms with Crippen molar-refractivity contribution in [2.24, 2.45) is 0 Å². The first-order valence-corrected chi connectivity index (χ1v) is 15.2. The van der Waals surface area contributed by atoms with Gasteiger partial charge in [-0.05, 0) is 66.8 Å². The second-order valence-electron chi connectivity index (χ2n) is 12.4. The smallest absolute Gasteiger partial charge is 0.319 e. The first-order chi connectivity index (χ1) is 20.4. The van der Waals surface area contributed by atoms with Gasteiger partial charge in [0.15, 0.2) is 5.82 Å². The number of alkyl halides is 1. The maximum absolute atomic E-state index is 16.8. The monoisotopic (exact) mass is 591 g/mol. The number of piperazine rings is 1. The number of anilines is 1. The molecule has 4 atom stereocenters. The summed E-state index contributed by atoms with van der Waals surface area (Å²) in [6, 6.07) is 13.2. The lowest BCUT2D eigenvalue weighted by Gasteiger charge is -2.34. The lowest BCUT2D eigenvalue weighted by molar-refractivity contribution is 0.107. The maximum Gasteiger partial charge on any atom is 0.319 e. The van der Waals surface area contributed by atoms with E-state index in [0.29, 0.717) is 41.8 Å². The number of aromatic hydroxyl groups is 1. The van der Waals surface area contributed by atoms with Crippen LogP contribution in [-0.2, 0) is 0 Å². The number of nitrogens with zero attached hydrogens (tertiary/aromatic N) is 4. The molecule has 4 aromatic rings. The van der Waals surface area contributed by atoms with Gasteiger partial charge in [0.1, 0.15) is 29.9 Å². The van der Waals surface area contributed by atoms with E-state index in [4.69, 9.17) is 21.3 Å². The van der Waals surface area contributed by atoms with Crippen LogP contribution >= 0.6 is 11.6 Å². The lowest BCUT2D eigenvalue weighted by Crippen LogP contribution is -2.51. The summed E-state index contributed by atoms with van der Waals surface area (Å²) in [5.74, 6) is 0.0216. The molecular formula is C32H32ClF2N5O2. The highest BCUT2D eigenvalue weighted by Crippen LogP contribution is 2.44. The number of aromatic nitrogens is 2. The van der Waals surface area contributed by atoms with Crippen molar-refractivity contribution in [3.63, 3.8) is 0 Å². The van der Waals surface area contributed by atoms with Gasteiger partial charge >= 0.3 is 6.01 Å². The third kappa shape index (κ3) is 4.28. The second-order valence-corrected chi connectivity index (χ2v) is 12.8. The van der Waals surface area contributed by atoms with E-state index in [9.17, 15) is 9.50 Å². The van der Waals surface area contributed by atoms with E-state index in [2.05, 4.69) is 20.1 Å². The number of phenolic OH excluding ortho intramolecular Hbond substituents is 1. The molecule has 218 valence electrons. The lowest BCUT2D eigenvalue weighted by atomic mass is 9.95. The predicted octanol–water partition coefficient (Wildman–Crippen LogP) is 5.84. The van der Waals surface area contributed by atoms with Crippen molar-refractivity contribution in [3.05, 3.63) is 53.3 Å². The number of rotatable bonds is 5. The van der Waals surface area contributed by atoms with Crippen LogP contribution in [0.3, 0.4) is 0 Å². The predicted molar refractivity (Wildman–Crippen MR) is 160 cm³/mol. The van der Waals surface area contributed by atoms with Crippen molar-refractivity contribution in [1.29, 1.82) is 0 Å². The van der Waals surface area contributed by atoms with Crippen molar-refractivity contribution in [3.8, 4) is 22.9 Å². The topological polar surface area (TPSA) is 73.8 Å². The molecule has 0 amide bonds. The molecular weight excluding hydrogens is 560 g/mol. The van der Waals surface area contributed by atoms with Crippen LogP contribution in [0.1, 0.15) is 32.1 Å². The van der Waals surface area contributed by atoms with Crippen LogP contribution in [-0.4, -0.2) is 76.6 Å². The van der Waals surface area contributed by atoms with Crippen LogP contribution < -0.4 is 15.0 Å². The zero-order valence-corrected chi connectivity index (χ0v) is 23.9. The Labute approximate surface area is 247 Å². The Morgan fingerprint density at radius 1 is 1.07 bits per heavy atom. The largest absolute Gasteiger partial charge is 0.508 e. The second kappa shape index (κ2) is 9.89. The van der Waals surface area contributed by atoms with E-state index in [1.54, 1.807) is 12.1 Å². The summed E-state index contributed by atoms with van der Waals surface area (Å²) in [5.41, 5.74) is 0.390. The number of ether oxygens (including phenoxy) is 1. The van der Waals surface area contributed by atoms with Gasteiger partial charge in [-0.1, -0.05) is 35.9 Å². The zero-order chi connectivity index (χ0) is 28.6. The molecule has 2 N–H and O–H groups in total. The molecule has 2 bridgehead atoms. The van der Waals surface area contributed by atoms with Gasteiger partial charge in [-0.15, -0.1) is 0 Å². The number of hydrogen-bond acceptors (Lipinski definition) is 7. The molecule has 4 aliphatic heterocycles. The molecule has 42 heavy (non-hydrogen) atoms. The van der Waals surface area contributed by atoms with Gasteiger partial charge in [0.05, 0.1) is 10.6 Å². The van der Waals surface area contributed by atoms with E-state index >= 15 is 4.39 Å². The molecule has 4 aliphatic rings. The summed E-state index contributed by atoms with van der Waals surface area (Å²) in [5, 5.41) is 16.4. The highest BCUT2D eigenvalue weighted by Gasteiger charge is 2.49. The molecule has 7 nitrogen and oxygen atoms in total. The average Bonchev–Trinajstić information content (AvgIpc) is 3.62. The number of nitrogens with one attached hydrogen (secondary N) is 1. The molecule has 10 heteroatoms. The fourth-order valence-electron chi connectivity index (χ4n) is 7.83. The van der Waals surface area contributed by atoms with Crippen LogP contribution in [0.2, 0.25) is 5.02 Å². The molecule has 1 aromatic heterocycles. The molecule has 0 spiro atoms. The molecule has 4 fully saturated rings. The number of benzene rings is 3. The molecule has 3 aromatic carbocycles. The van der Waals surface area contributed by atoms with Gasteiger partial charge < -0.3 is 20.1 Å². The van der Waals surface area contributed by atoms with Gasteiger partial charge in [-0.25, -0.2) is 8.78 Å². The maximum atomic E-state index is 16.8. The summed E-state index contributed by atoms with van der Waals surface area (Å²) < 4.78 is 37.5. The summed E-state index contributed by atoms with van der Waals surface area (Å²) in [6.07, 6.45) is 3.57. The summed E-state index contributed by atoms with van der Waals surface area (Å²) in [7, 11) is 0. The third-order valence-electron chi connectivity index (χ3n) is 9.71. The first-order valence-electron chi connectivity index (χ1n) is 14.8. The molecule has 4 saturated heterocycles. The Morgan fingerprint density at radius 2 is 1.88 bits per heavy atom. The molecule has 0 saturated carbocycles. The Hall–Kier alpha value is -3.27. The molecule has 5 heterocycles. The highest BCUT2D eigenvalue weighted by atomic mass is 35.5. The van der Waals surface area contributed by atoms with Crippen LogP contribution in [0.25, 0.3) is 32.8 Å². The number of halogens is 3. The summed E-state index contributed by atoms with van der Waals surface area (Å²) in [6.45, 7) is 3.00. The fraction of sp³-hybridized carbons (Fsp3) is 0.438. The zero-order valence-electron chi connectivity index (χ0n) is 23.1. The van der Waals surface area contributed by atoms with Gasteiger partial charge in [0.25, 0.3) is 0 Å². The van der Waals surface area contributed by atoms with Crippen LogP contribution in [0, 0.1) is 5.82 Å². The van der Waals surface area contributed by atoms with Crippen LogP contribution in [0.5, 0.6) is 11.8 Å². The minimum atomic E-state index is -0.877. The normalized spacial score (nSPS) is 27.3. The molecule has 8 rings (SSSR count).